The fourth-order valence-corrected chi connectivity index (χ4v) is 2.27. The zero-order valence-electron chi connectivity index (χ0n) is 8.22. The molecule has 1 heterocycles. The predicted octanol–water partition coefficient (Wildman–Crippen LogP) is 2.42. The lowest BCUT2D eigenvalue weighted by Crippen LogP contribution is -2.34. The minimum Gasteiger partial charge on any atom is -0.378 e. The van der Waals surface area contributed by atoms with Crippen molar-refractivity contribution in [2.75, 3.05) is 19.8 Å². The normalized spacial score (nSPS) is 22.3. The highest BCUT2D eigenvalue weighted by atomic mass is 79.9. The highest BCUT2D eigenvalue weighted by molar-refractivity contribution is 9.10. The number of nitrogens with one attached hydrogen (secondary N) is 1. The summed E-state index contributed by atoms with van der Waals surface area (Å²) >= 11 is 3.47. The van der Waals surface area contributed by atoms with Crippen LogP contribution in [0.2, 0.25) is 0 Å². The molecule has 2 nitrogen and oxygen atoms in total. The number of ether oxygens (including phenoxy) is 1. The van der Waals surface area contributed by atoms with Gasteiger partial charge in [-0.15, -0.1) is 0 Å². The Morgan fingerprint density at radius 3 is 3.00 bits per heavy atom. The summed E-state index contributed by atoms with van der Waals surface area (Å²) in [4.78, 5) is 0. The van der Waals surface area contributed by atoms with Crippen molar-refractivity contribution in [2.45, 2.75) is 13.0 Å². The number of aryl methyl sites for hydroxylation is 1. The summed E-state index contributed by atoms with van der Waals surface area (Å²) in [6, 6.07) is 6.74. The second kappa shape index (κ2) is 4.43. The first-order valence-electron chi connectivity index (χ1n) is 4.84. The monoisotopic (exact) mass is 255 g/mol. The maximum atomic E-state index is 5.45. The number of rotatable bonds is 1. The number of hydrogen-bond acceptors (Lipinski definition) is 2. The molecule has 1 aromatic rings. The molecule has 2 rings (SSSR count). The van der Waals surface area contributed by atoms with Crippen LogP contribution in [0.25, 0.3) is 0 Å². The van der Waals surface area contributed by atoms with Crippen molar-refractivity contribution >= 4 is 15.9 Å². The summed E-state index contributed by atoms with van der Waals surface area (Å²) in [7, 11) is 0. The fraction of sp³-hybridized carbons (Fsp3) is 0.455. The van der Waals surface area contributed by atoms with Crippen LogP contribution in [0.5, 0.6) is 0 Å². The van der Waals surface area contributed by atoms with E-state index in [4.69, 9.17) is 4.74 Å². The number of halogens is 1. The standard InChI is InChI=1S/C11H14BrNO/c1-8-6-9(12)2-3-10(8)11-7-14-5-4-13-11/h2-3,6,11,13H,4-5,7H2,1H3. The van der Waals surface area contributed by atoms with E-state index >= 15 is 0 Å². The van der Waals surface area contributed by atoms with Gasteiger partial charge in [0.05, 0.1) is 19.3 Å². The Hall–Kier alpha value is -0.380. The molecule has 1 saturated heterocycles. The number of benzene rings is 1. The Morgan fingerprint density at radius 2 is 2.36 bits per heavy atom. The van der Waals surface area contributed by atoms with Crippen LogP contribution in [0.4, 0.5) is 0 Å². The summed E-state index contributed by atoms with van der Waals surface area (Å²) < 4.78 is 6.58. The van der Waals surface area contributed by atoms with Gasteiger partial charge in [0, 0.05) is 11.0 Å². The summed E-state index contributed by atoms with van der Waals surface area (Å²) in [6.07, 6.45) is 0. The molecule has 0 saturated carbocycles. The molecule has 0 radical (unpaired) electrons. The van der Waals surface area contributed by atoms with Crippen molar-refractivity contribution in [1.82, 2.24) is 5.32 Å². The Morgan fingerprint density at radius 1 is 1.50 bits per heavy atom. The minimum absolute atomic E-state index is 0.358. The van der Waals surface area contributed by atoms with Crippen LogP contribution in [0.1, 0.15) is 17.2 Å². The van der Waals surface area contributed by atoms with Crippen molar-refractivity contribution in [3.63, 3.8) is 0 Å². The second-order valence-electron chi connectivity index (χ2n) is 3.58. The minimum atomic E-state index is 0.358. The smallest absolute Gasteiger partial charge is 0.0662 e. The van der Waals surface area contributed by atoms with Crippen molar-refractivity contribution < 1.29 is 4.74 Å². The van der Waals surface area contributed by atoms with E-state index in [0.29, 0.717) is 6.04 Å². The largest absolute Gasteiger partial charge is 0.378 e. The second-order valence-corrected chi connectivity index (χ2v) is 4.50. The van der Waals surface area contributed by atoms with Crippen LogP contribution >= 0.6 is 15.9 Å². The topological polar surface area (TPSA) is 21.3 Å². The fourth-order valence-electron chi connectivity index (χ4n) is 1.80. The molecule has 0 aliphatic carbocycles. The summed E-state index contributed by atoms with van der Waals surface area (Å²) in [5, 5.41) is 3.46. The molecule has 1 fully saturated rings. The lowest BCUT2D eigenvalue weighted by atomic mass is 10.0. The van der Waals surface area contributed by atoms with Gasteiger partial charge in [0.15, 0.2) is 0 Å². The quantitative estimate of drug-likeness (QED) is 0.833. The van der Waals surface area contributed by atoms with E-state index in [-0.39, 0.29) is 0 Å². The van der Waals surface area contributed by atoms with Crippen molar-refractivity contribution in [3.8, 4) is 0 Å². The Labute approximate surface area is 92.8 Å². The molecule has 1 atom stereocenters. The molecule has 1 aliphatic rings. The van der Waals surface area contributed by atoms with Crippen molar-refractivity contribution in [3.05, 3.63) is 33.8 Å². The van der Waals surface area contributed by atoms with Crippen molar-refractivity contribution in [1.29, 1.82) is 0 Å². The van der Waals surface area contributed by atoms with Crippen LogP contribution < -0.4 is 5.32 Å². The van der Waals surface area contributed by atoms with E-state index in [2.05, 4.69) is 46.4 Å². The Balaban J connectivity index is 2.22. The van der Waals surface area contributed by atoms with Crippen molar-refractivity contribution in [2.24, 2.45) is 0 Å². The van der Waals surface area contributed by atoms with E-state index < -0.39 is 0 Å². The zero-order chi connectivity index (χ0) is 9.97. The Kier molecular flexibility index (Phi) is 3.21. The van der Waals surface area contributed by atoms with E-state index in [1.807, 2.05) is 0 Å². The average molecular weight is 256 g/mol. The van der Waals surface area contributed by atoms with Gasteiger partial charge in [0.2, 0.25) is 0 Å². The first-order chi connectivity index (χ1) is 6.77. The molecule has 14 heavy (non-hydrogen) atoms. The third-order valence-electron chi connectivity index (χ3n) is 2.53. The molecule has 0 amide bonds. The molecule has 0 bridgehead atoms. The molecule has 1 unspecified atom stereocenters. The molecule has 1 N–H and O–H groups in total. The molecule has 1 aliphatic heterocycles. The molecular formula is C11H14BrNO. The van der Waals surface area contributed by atoms with Gasteiger partial charge in [-0.1, -0.05) is 22.0 Å². The first-order valence-corrected chi connectivity index (χ1v) is 5.64. The van der Waals surface area contributed by atoms with Gasteiger partial charge in [-0.05, 0) is 30.2 Å². The van der Waals surface area contributed by atoms with Gasteiger partial charge in [-0.2, -0.15) is 0 Å². The van der Waals surface area contributed by atoms with Gasteiger partial charge in [0.25, 0.3) is 0 Å². The lowest BCUT2D eigenvalue weighted by molar-refractivity contribution is 0.0767. The third-order valence-corrected chi connectivity index (χ3v) is 3.02. The summed E-state index contributed by atoms with van der Waals surface area (Å²) in [6.45, 7) is 4.69. The van der Waals surface area contributed by atoms with E-state index in [0.717, 1.165) is 24.2 Å². The van der Waals surface area contributed by atoms with Crippen LogP contribution in [0.3, 0.4) is 0 Å². The molecular weight excluding hydrogens is 242 g/mol. The molecule has 76 valence electrons. The molecule has 1 aromatic carbocycles. The lowest BCUT2D eigenvalue weighted by Gasteiger charge is -2.25. The van der Waals surface area contributed by atoms with Gasteiger partial charge >= 0.3 is 0 Å². The maximum Gasteiger partial charge on any atom is 0.0662 e. The van der Waals surface area contributed by atoms with E-state index in [1.165, 1.54) is 11.1 Å². The molecule has 0 aromatic heterocycles. The van der Waals surface area contributed by atoms with Crippen LogP contribution in [-0.4, -0.2) is 19.8 Å². The van der Waals surface area contributed by atoms with Gasteiger partial charge in [-0.25, -0.2) is 0 Å². The van der Waals surface area contributed by atoms with E-state index in [1.54, 1.807) is 0 Å². The molecule has 3 heteroatoms. The van der Waals surface area contributed by atoms with Crippen LogP contribution in [0.15, 0.2) is 22.7 Å². The zero-order valence-corrected chi connectivity index (χ0v) is 9.80. The van der Waals surface area contributed by atoms with Gasteiger partial charge in [0.1, 0.15) is 0 Å². The summed E-state index contributed by atoms with van der Waals surface area (Å²) in [5.74, 6) is 0. The number of hydrogen-bond donors (Lipinski definition) is 1. The maximum absolute atomic E-state index is 5.45. The van der Waals surface area contributed by atoms with Crippen LogP contribution in [0, 0.1) is 6.92 Å². The predicted molar refractivity (Wildman–Crippen MR) is 60.4 cm³/mol. The highest BCUT2D eigenvalue weighted by Gasteiger charge is 2.16. The highest BCUT2D eigenvalue weighted by Crippen LogP contribution is 2.22. The third kappa shape index (κ3) is 2.16. The van der Waals surface area contributed by atoms with Gasteiger partial charge in [-0.3, -0.25) is 0 Å². The SMILES string of the molecule is Cc1cc(Br)ccc1C1COCCN1. The average Bonchev–Trinajstić information content (AvgIpc) is 2.19. The Bertz CT molecular complexity index is 321. The van der Waals surface area contributed by atoms with E-state index in [9.17, 15) is 0 Å². The first kappa shape index (κ1) is 10.1. The summed E-state index contributed by atoms with van der Waals surface area (Å²) in [5.41, 5.74) is 2.65. The van der Waals surface area contributed by atoms with Crippen LogP contribution in [-0.2, 0) is 4.74 Å². The van der Waals surface area contributed by atoms with Gasteiger partial charge < -0.3 is 10.1 Å². The number of morpholine rings is 1. The molecule has 0 spiro atoms.